The number of rotatable bonds is 8. The van der Waals surface area contributed by atoms with Crippen LogP contribution < -0.4 is 14.8 Å². The number of nitrogens with zero attached hydrogens (tertiary/aromatic N) is 1. The van der Waals surface area contributed by atoms with E-state index in [4.69, 9.17) is 9.47 Å². The predicted octanol–water partition coefficient (Wildman–Crippen LogP) is 3.25. The largest absolute Gasteiger partial charge is 0.493 e. The lowest BCUT2D eigenvalue weighted by atomic mass is 10.0. The molecule has 0 saturated heterocycles. The van der Waals surface area contributed by atoms with Crippen LogP contribution in [-0.4, -0.2) is 24.5 Å². The Bertz CT molecular complexity index is 790. The average molecular weight is 356 g/mol. The summed E-state index contributed by atoms with van der Waals surface area (Å²) in [7, 11) is 1.44. The molecular weight excluding hydrogens is 336 g/mol. The van der Waals surface area contributed by atoms with Crippen molar-refractivity contribution in [3.63, 3.8) is 0 Å². The van der Waals surface area contributed by atoms with E-state index < -0.39 is 4.92 Å². The van der Waals surface area contributed by atoms with Crippen LogP contribution >= 0.6 is 0 Å². The molecule has 7 nitrogen and oxygen atoms in total. The maximum Gasteiger partial charge on any atom is 0.273 e. The zero-order valence-corrected chi connectivity index (χ0v) is 14.4. The molecule has 1 aliphatic carbocycles. The Kier molecular flexibility index (Phi) is 5.36. The van der Waals surface area contributed by atoms with Crippen molar-refractivity contribution < 1.29 is 19.2 Å². The van der Waals surface area contributed by atoms with Crippen LogP contribution in [0.4, 0.5) is 5.69 Å². The van der Waals surface area contributed by atoms with E-state index in [-0.39, 0.29) is 30.0 Å². The van der Waals surface area contributed by atoms with E-state index in [1.54, 1.807) is 0 Å². The summed E-state index contributed by atoms with van der Waals surface area (Å²) in [5.41, 5.74) is 0.942. The molecule has 1 fully saturated rings. The van der Waals surface area contributed by atoms with Crippen LogP contribution in [0.1, 0.15) is 24.4 Å². The molecule has 0 heterocycles. The van der Waals surface area contributed by atoms with Crippen molar-refractivity contribution in [3.05, 3.63) is 64.2 Å². The quantitative estimate of drug-likeness (QED) is 0.579. The highest BCUT2D eigenvalue weighted by atomic mass is 16.6. The van der Waals surface area contributed by atoms with Crippen LogP contribution in [0.25, 0.3) is 0 Å². The van der Waals surface area contributed by atoms with Crippen LogP contribution in [0, 0.1) is 16.0 Å². The molecule has 2 aromatic carbocycles. The topological polar surface area (TPSA) is 90.7 Å². The molecule has 1 aliphatic rings. The summed E-state index contributed by atoms with van der Waals surface area (Å²) in [6.07, 6.45) is 2.17. The summed E-state index contributed by atoms with van der Waals surface area (Å²) in [6, 6.07) is 13.8. The smallest absolute Gasteiger partial charge is 0.273 e. The van der Waals surface area contributed by atoms with Crippen LogP contribution in [0.3, 0.4) is 0 Å². The fourth-order valence-electron chi connectivity index (χ4n) is 2.81. The lowest BCUT2D eigenvalue weighted by Gasteiger charge is -2.19. The van der Waals surface area contributed by atoms with Crippen molar-refractivity contribution in [3.8, 4) is 11.5 Å². The average Bonchev–Trinajstić information content (AvgIpc) is 3.49. The summed E-state index contributed by atoms with van der Waals surface area (Å²) < 4.78 is 10.6. The van der Waals surface area contributed by atoms with Gasteiger partial charge in [0.2, 0.25) is 0 Å². The first-order valence-electron chi connectivity index (χ1n) is 8.38. The lowest BCUT2D eigenvalue weighted by molar-refractivity contribution is -0.385. The van der Waals surface area contributed by atoms with Gasteiger partial charge >= 0.3 is 0 Å². The molecule has 7 heteroatoms. The number of hydrogen-bond donors (Lipinski definition) is 1. The van der Waals surface area contributed by atoms with Gasteiger partial charge < -0.3 is 14.8 Å². The zero-order chi connectivity index (χ0) is 18.5. The van der Waals surface area contributed by atoms with Crippen LogP contribution in [0.15, 0.2) is 48.5 Å². The summed E-state index contributed by atoms with van der Waals surface area (Å²) in [4.78, 5) is 22.7. The second kappa shape index (κ2) is 7.86. The molecule has 26 heavy (non-hydrogen) atoms. The number of nitro benzene ring substituents is 1. The van der Waals surface area contributed by atoms with E-state index in [9.17, 15) is 14.9 Å². The van der Waals surface area contributed by atoms with Gasteiger partial charge in [0, 0.05) is 6.07 Å². The van der Waals surface area contributed by atoms with E-state index in [0.717, 1.165) is 18.4 Å². The molecule has 1 N–H and O–H groups in total. The maximum atomic E-state index is 12.3. The van der Waals surface area contributed by atoms with Gasteiger partial charge in [-0.3, -0.25) is 14.9 Å². The molecule has 0 aliphatic heterocycles. The van der Waals surface area contributed by atoms with Gasteiger partial charge in [0.05, 0.1) is 24.1 Å². The molecule has 1 saturated carbocycles. The van der Waals surface area contributed by atoms with Crippen molar-refractivity contribution >= 4 is 11.6 Å². The van der Waals surface area contributed by atoms with Crippen molar-refractivity contribution in [1.82, 2.24) is 5.32 Å². The number of hydrogen-bond acceptors (Lipinski definition) is 5. The third-order valence-corrected chi connectivity index (χ3v) is 4.29. The molecule has 1 amide bonds. The van der Waals surface area contributed by atoms with Crippen molar-refractivity contribution in [1.29, 1.82) is 0 Å². The summed E-state index contributed by atoms with van der Waals surface area (Å²) in [6.45, 7) is -0.242. The molecule has 136 valence electrons. The summed E-state index contributed by atoms with van der Waals surface area (Å²) in [5, 5.41) is 13.9. The Labute approximate surface area is 151 Å². The first-order valence-corrected chi connectivity index (χ1v) is 8.38. The minimum absolute atomic E-state index is 0.0423. The zero-order valence-electron chi connectivity index (χ0n) is 14.4. The van der Waals surface area contributed by atoms with Gasteiger partial charge in [-0.05, 0) is 30.4 Å². The van der Waals surface area contributed by atoms with E-state index >= 15 is 0 Å². The first-order chi connectivity index (χ1) is 12.6. The number of amides is 1. The van der Waals surface area contributed by atoms with Crippen molar-refractivity contribution in [2.45, 2.75) is 18.9 Å². The van der Waals surface area contributed by atoms with Gasteiger partial charge in [-0.25, -0.2) is 0 Å². The number of nitrogens with one attached hydrogen (secondary N) is 1. The van der Waals surface area contributed by atoms with E-state index in [1.165, 1.54) is 25.3 Å². The van der Waals surface area contributed by atoms with Gasteiger partial charge in [-0.15, -0.1) is 0 Å². The highest BCUT2D eigenvalue weighted by molar-refractivity contribution is 5.78. The SMILES string of the molecule is COc1ccc([N+](=O)[O-])cc1OCC(=O)NC(c1ccccc1)C1CC1. The standard InChI is InChI=1S/C19H20N2O5/c1-25-16-10-9-15(21(23)24)11-17(16)26-12-18(22)20-19(14-7-8-14)13-5-3-2-4-6-13/h2-6,9-11,14,19H,7-8,12H2,1H3,(H,20,22). The first kappa shape index (κ1) is 17.7. The molecule has 2 aromatic rings. The number of methoxy groups -OCH3 is 1. The summed E-state index contributed by atoms with van der Waals surface area (Å²) >= 11 is 0. The molecule has 0 aromatic heterocycles. The number of non-ortho nitro benzene ring substituents is 1. The Morgan fingerprint density at radius 3 is 2.58 bits per heavy atom. The highest BCUT2D eigenvalue weighted by Crippen LogP contribution is 2.41. The number of carbonyl (C=O) groups is 1. The Morgan fingerprint density at radius 1 is 1.23 bits per heavy atom. The van der Waals surface area contributed by atoms with Crippen molar-refractivity contribution in [2.24, 2.45) is 5.92 Å². The predicted molar refractivity (Wildman–Crippen MR) is 95.2 cm³/mol. The number of carbonyl (C=O) groups excluding carboxylic acids is 1. The number of nitro groups is 1. The van der Waals surface area contributed by atoms with Gasteiger partial charge in [0.15, 0.2) is 18.1 Å². The number of ether oxygens (including phenoxy) is 2. The highest BCUT2D eigenvalue weighted by Gasteiger charge is 2.33. The van der Waals surface area contributed by atoms with Crippen LogP contribution in [-0.2, 0) is 4.79 Å². The third-order valence-electron chi connectivity index (χ3n) is 4.29. The normalized spacial score (nSPS) is 14.3. The van der Waals surface area contributed by atoms with E-state index in [1.807, 2.05) is 30.3 Å². The van der Waals surface area contributed by atoms with Crippen LogP contribution in [0.2, 0.25) is 0 Å². The third kappa shape index (κ3) is 4.30. The second-order valence-electron chi connectivity index (χ2n) is 6.17. The van der Waals surface area contributed by atoms with Gasteiger partial charge in [0.1, 0.15) is 0 Å². The molecular formula is C19H20N2O5. The van der Waals surface area contributed by atoms with Gasteiger partial charge in [-0.2, -0.15) is 0 Å². The maximum absolute atomic E-state index is 12.3. The molecule has 3 rings (SSSR count). The molecule has 0 bridgehead atoms. The van der Waals surface area contributed by atoms with E-state index in [0.29, 0.717) is 11.7 Å². The number of benzene rings is 2. The minimum Gasteiger partial charge on any atom is -0.493 e. The van der Waals surface area contributed by atoms with E-state index in [2.05, 4.69) is 5.32 Å². The van der Waals surface area contributed by atoms with Gasteiger partial charge in [-0.1, -0.05) is 30.3 Å². The Balaban J connectivity index is 1.65. The molecule has 1 atom stereocenters. The van der Waals surface area contributed by atoms with Gasteiger partial charge in [0.25, 0.3) is 11.6 Å². The second-order valence-corrected chi connectivity index (χ2v) is 6.17. The van der Waals surface area contributed by atoms with Crippen molar-refractivity contribution in [2.75, 3.05) is 13.7 Å². The minimum atomic E-state index is -0.523. The Hall–Kier alpha value is -3.09. The molecule has 0 spiro atoms. The summed E-state index contributed by atoms with van der Waals surface area (Å²) in [5.74, 6) is 0.665. The fourth-order valence-corrected chi connectivity index (χ4v) is 2.81. The fraction of sp³-hybridized carbons (Fsp3) is 0.316. The lowest BCUT2D eigenvalue weighted by Crippen LogP contribution is -2.33. The van der Waals surface area contributed by atoms with Crippen LogP contribution in [0.5, 0.6) is 11.5 Å². The Morgan fingerprint density at radius 2 is 1.96 bits per heavy atom. The molecule has 1 unspecified atom stereocenters. The monoisotopic (exact) mass is 356 g/mol. The molecule has 0 radical (unpaired) electrons.